The zero-order valence-electron chi connectivity index (χ0n) is 33.7. The Kier molecular flexibility index (Phi) is 36.5. The maximum Gasteiger partial charge on any atom is 0.472 e. The second-order valence-electron chi connectivity index (χ2n) is 14.0. The van der Waals surface area contributed by atoms with Gasteiger partial charge in [-0.25, -0.2) is 4.57 Å². The van der Waals surface area contributed by atoms with Crippen molar-refractivity contribution in [3.8, 4) is 0 Å². The van der Waals surface area contributed by atoms with Crippen LogP contribution in [0.4, 0.5) is 0 Å². The van der Waals surface area contributed by atoms with Gasteiger partial charge in [-0.2, -0.15) is 0 Å². The molecule has 11 nitrogen and oxygen atoms in total. The number of carbonyl (C=O) groups is 2. The first-order chi connectivity index (χ1) is 25.7. The summed E-state index contributed by atoms with van der Waals surface area (Å²) in [5.74, 6) is -1.06. The van der Waals surface area contributed by atoms with Gasteiger partial charge in [-0.05, 0) is 64.2 Å². The summed E-state index contributed by atoms with van der Waals surface area (Å²) in [6.45, 7) is 3.44. The Hall–Kier alpha value is -2.20. The van der Waals surface area contributed by atoms with Gasteiger partial charge in [-0.15, -0.1) is 0 Å². The molecule has 2 atom stereocenters. The third-order valence-electron chi connectivity index (χ3n) is 8.83. The normalized spacial score (nSPS) is 13.3. The molecule has 0 radical (unpaired) electrons. The molecular formula is C41H78N3O8P. The fourth-order valence-corrected chi connectivity index (χ4v) is 6.41. The van der Waals surface area contributed by atoms with Crippen LogP contribution in [0, 0.1) is 0 Å². The molecule has 0 aromatic carbocycles. The second-order valence-corrected chi connectivity index (χ2v) is 15.5. The standard InChI is InChI=1S/C41H78N3O8P/c1-3-5-7-9-11-13-15-17-19-21-23-25-27-29-31-33-40(46)52-38(37-51-53(47,48)50-35-34-44-41(42)43)36-49-39(45)32-30-28-26-24-22-20-18-16-14-12-10-8-6-4-2/h17-20,38H,3-16,21-37H2,1-2H3,(H,47,48)(H4,42,43,44)/b19-17+,20-18+. The summed E-state index contributed by atoms with van der Waals surface area (Å²) >= 11 is 0. The SMILES string of the molecule is CCCCCCCC/C=C/CCCCCCCC(=O)OC(COC(=O)CCCCCC/C=C/CCCCCCCC)COP(=O)(O)OCCN=C(N)N. The number of hydrogen-bond acceptors (Lipinski definition) is 8. The molecule has 0 rings (SSSR count). The average molecular weight is 772 g/mol. The summed E-state index contributed by atoms with van der Waals surface area (Å²) in [6.07, 6.45) is 37.4. The summed E-state index contributed by atoms with van der Waals surface area (Å²) in [5.41, 5.74) is 10.5. The predicted octanol–water partition coefficient (Wildman–Crippen LogP) is 10.5. The smallest absolute Gasteiger partial charge is 0.462 e. The molecule has 0 fully saturated rings. The van der Waals surface area contributed by atoms with E-state index in [4.69, 9.17) is 30.0 Å². The lowest BCUT2D eigenvalue weighted by molar-refractivity contribution is -0.161. The minimum atomic E-state index is -4.49. The van der Waals surface area contributed by atoms with E-state index in [0.29, 0.717) is 12.8 Å². The first-order valence-corrected chi connectivity index (χ1v) is 22.5. The number of phosphoric ester groups is 1. The minimum Gasteiger partial charge on any atom is -0.462 e. The van der Waals surface area contributed by atoms with Gasteiger partial charge in [0.05, 0.1) is 19.8 Å². The Morgan fingerprint density at radius 1 is 0.604 bits per heavy atom. The molecule has 310 valence electrons. The minimum absolute atomic E-state index is 0.0296. The van der Waals surface area contributed by atoms with E-state index in [1.807, 2.05) is 0 Å². The topological polar surface area (TPSA) is 173 Å². The number of guanidine groups is 1. The summed E-state index contributed by atoms with van der Waals surface area (Å²) < 4.78 is 33.1. The van der Waals surface area contributed by atoms with Crippen molar-refractivity contribution in [3.63, 3.8) is 0 Å². The lowest BCUT2D eigenvalue weighted by Crippen LogP contribution is -2.29. The molecule has 0 heterocycles. The Balaban J connectivity index is 4.39. The molecule has 5 N–H and O–H groups in total. The van der Waals surface area contributed by atoms with Gasteiger partial charge in [0.1, 0.15) is 6.61 Å². The Labute approximate surface area is 323 Å². The highest BCUT2D eigenvalue weighted by Crippen LogP contribution is 2.43. The van der Waals surface area contributed by atoms with Crippen LogP contribution < -0.4 is 11.5 Å². The molecule has 0 spiro atoms. The fraction of sp³-hybridized carbons (Fsp3) is 0.829. The van der Waals surface area contributed by atoms with Gasteiger partial charge in [0.25, 0.3) is 0 Å². The summed E-state index contributed by atoms with van der Waals surface area (Å²) in [5, 5.41) is 0. The van der Waals surface area contributed by atoms with Crippen LogP contribution in [0.2, 0.25) is 0 Å². The van der Waals surface area contributed by atoms with E-state index in [1.54, 1.807) is 0 Å². The van der Waals surface area contributed by atoms with E-state index in [0.717, 1.165) is 64.2 Å². The van der Waals surface area contributed by atoms with Crippen molar-refractivity contribution in [1.29, 1.82) is 0 Å². The zero-order valence-corrected chi connectivity index (χ0v) is 34.6. The number of ether oxygens (including phenoxy) is 2. The van der Waals surface area contributed by atoms with Crippen molar-refractivity contribution < 1.29 is 37.6 Å². The van der Waals surface area contributed by atoms with Gasteiger partial charge in [0.2, 0.25) is 0 Å². The molecule has 0 aromatic heterocycles. The monoisotopic (exact) mass is 772 g/mol. The molecule has 0 saturated carbocycles. The number of esters is 2. The third kappa shape index (κ3) is 39.3. The highest BCUT2D eigenvalue weighted by atomic mass is 31.2. The van der Waals surface area contributed by atoms with Gasteiger partial charge in [-0.1, -0.05) is 134 Å². The molecule has 53 heavy (non-hydrogen) atoms. The molecule has 12 heteroatoms. The molecule has 0 bridgehead atoms. The molecule has 0 saturated heterocycles. The predicted molar refractivity (Wildman–Crippen MR) is 218 cm³/mol. The summed E-state index contributed by atoms with van der Waals surface area (Å²) in [7, 11) is -4.49. The van der Waals surface area contributed by atoms with Crippen molar-refractivity contribution in [2.45, 2.75) is 193 Å². The van der Waals surface area contributed by atoms with Gasteiger partial charge in [-0.3, -0.25) is 23.6 Å². The molecule has 0 amide bonds. The molecule has 2 unspecified atom stereocenters. The third-order valence-corrected chi connectivity index (χ3v) is 9.81. The van der Waals surface area contributed by atoms with Crippen molar-refractivity contribution in [1.82, 2.24) is 0 Å². The highest BCUT2D eigenvalue weighted by molar-refractivity contribution is 7.47. The first-order valence-electron chi connectivity index (χ1n) is 21.0. The van der Waals surface area contributed by atoms with Crippen molar-refractivity contribution in [3.05, 3.63) is 24.3 Å². The van der Waals surface area contributed by atoms with Crippen LogP contribution in [0.3, 0.4) is 0 Å². The van der Waals surface area contributed by atoms with Gasteiger partial charge in [0.15, 0.2) is 12.1 Å². The van der Waals surface area contributed by atoms with Crippen LogP contribution in [-0.2, 0) is 32.7 Å². The van der Waals surface area contributed by atoms with Crippen LogP contribution >= 0.6 is 7.82 Å². The number of aliphatic imine (C=N–C) groups is 1. The first kappa shape index (κ1) is 50.8. The second kappa shape index (κ2) is 38.1. The van der Waals surface area contributed by atoms with Gasteiger partial charge >= 0.3 is 19.8 Å². The number of rotatable bonds is 39. The Morgan fingerprint density at radius 3 is 1.47 bits per heavy atom. The van der Waals surface area contributed by atoms with E-state index >= 15 is 0 Å². The number of phosphoric acid groups is 1. The molecule has 0 aromatic rings. The van der Waals surface area contributed by atoms with Crippen molar-refractivity contribution in [2.24, 2.45) is 16.5 Å². The van der Waals surface area contributed by atoms with Gasteiger partial charge < -0.3 is 25.8 Å². The molecule has 0 aliphatic carbocycles. The number of allylic oxidation sites excluding steroid dienone is 4. The summed E-state index contributed by atoms with van der Waals surface area (Å²) in [4.78, 5) is 38.8. The van der Waals surface area contributed by atoms with Crippen LogP contribution in [0.25, 0.3) is 0 Å². The van der Waals surface area contributed by atoms with Crippen LogP contribution in [0.5, 0.6) is 0 Å². The maximum absolute atomic E-state index is 12.6. The largest absolute Gasteiger partial charge is 0.472 e. The Morgan fingerprint density at radius 2 is 1.02 bits per heavy atom. The number of hydrogen-bond donors (Lipinski definition) is 3. The van der Waals surface area contributed by atoms with Crippen LogP contribution in [0.1, 0.15) is 187 Å². The van der Waals surface area contributed by atoms with E-state index in [1.165, 1.54) is 83.5 Å². The Bertz CT molecular complexity index is 1000. The molecule has 0 aliphatic rings. The van der Waals surface area contributed by atoms with E-state index < -0.39 is 32.5 Å². The highest BCUT2D eigenvalue weighted by Gasteiger charge is 2.26. The van der Waals surface area contributed by atoms with Crippen molar-refractivity contribution in [2.75, 3.05) is 26.4 Å². The number of unbranched alkanes of at least 4 members (excludes halogenated alkanes) is 21. The quantitative estimate of drug-likeness (QED) is 0.0136. The van der Waals surface area contributed by atoms with Crippen LogP contribution in [-0.4, -0.2) is 55.3 Å². The van der Waals surface area contributed by atoms with Crippen molar-refractivity contribution >= 4 is 25.7 Å². The summed E-state index contributed by atoms with van der Waals surface area (Å²) in [6, 6.07) is 0. The molecule has 0 aliphatic heterocycles. The number of nitrogens with zero attached hydrogens (tertiary/aromatic N) is 1. The molecular weight excluding hydrogens is 693 g/mol. The number of carbonyl (C=O) groups excluding carboxylic acids is 2. The van der Waals surface area contributed by atoms with Crippen LogP contribution in [0.15, 0.2) is 29.3 Å². The zero-order chi connectivity index (χ0) is 39.1. The average Bonchev–Trinajstić information content (AvgIpc) is 3.13. The van der Waals surface area contributed by atoms with E-state index in [-0.39, 0.29) is 38.6 Å². The maximum atomic E-state index is 12.6. The van der Waals surface area contributed by atoms with E-state index in [2.05, 4.69) is 43.1 Å². The lowest BCUT2D eigenvalue weighted by atomic mass is 10.1. The van der Waals surface area contributed by atoms with Gasteiger partial charge in [0, 0.05) is 12.8 Å². The van der Waals surface area contributed by atoms with E-state index in [9.17, 15) is 19.0 Å². The lowest BCUT2D eigenvalue weighted by Gasteiger charge is -2.20. The fourth-order valence-electron chi connectivity index (χ4n) is 5.67. The number of nitrogens with two attached hydrogens (primary N) is 2.